The highest BCUT2D eigenvalue weighted by molar-refractivity contribution is 7.89. The lowest BCUT2D eigenvalue weighted by molar-refractivity contribution is 0.102. The molecule has 0 heterocycles. The van der Waals surface area contributed by atoms with Gasteiger partial charge in [0, 0.05) is 24.9 Å². The van der Waals surface area contributed by atoms with Crippen molar-refractivity contribution in [2.45, 2.75) is 25.7 Å². The standard InChI is InChI=1S/C19H24N2O4S/c1-13-10-14(2)18(15(3)11-13)21-19(22)16-6-5-7-17(12-16)26(23,24)20-8-9-25-4/h5-7,10-12,20H,8-9H2,1-4H3,(H,21,22). The quantitative estimate of drug-likeness (QED) is 0.728. The summed E-state index contributed by atoms with van der Waals surface area (Å²) in [5.74, 6) is -0.353. The molecule has 0 aliphatic carbocycles. The van der Waals surface area contributed by atoms with E-state index in [1.165, 1.54) is 19.2 Å². The first-order valence-corrected chi connectivity index (χ1v) is 9.71. The van der Waals surface area contributed by atoms with E-state index in [1.807, 2.05) is 32.9 Å². The molecule has 2 aromatic rings. The number of anilines is 1. The zero-order valence-corrected chi connectivity index (χ0v) is 16.2. The molecule has 6 nitrogen and oxygen atoms in total. The molecule has 0 bridgehead atoms. The number of rotatable bonds is 7. The van der Waals surface area contributed by atoms with Crippen LogP contribution in [0.4, 0.5) is 5.69 Å². The monoisotopic (exact) mass is 376 g/mol. The smallest absolute Gasteiger partial charge is 0.255 e. The van der Waals surface area contributed by atoms with E-state index < -0.39 is 10.0 Å². The summed E-state index contributed by atoms with van der Waals surface area (Å²) in [6.45, 7) is 6.28. The van der Waals surface area contributed by atoms with Crippen LogP contribution < -0.4 is 10.0 Å². The van der Waals surface area contributed by atoms with Crippen molar-refractivity contribution in [3.63, 3.8) is 0 Å². The molecule has 2 aromatic carbocycles. The summed E-state index contributed by atoms with van der Waals surface area (Å²) in [7, 11) is -2.20. The summed E-state index contributed by atoms with van der Waals surface area (Å²) < 4.78 is 31.8. The third kappa shape index (κ3) is 4.91. The maximum absolute atomic E-state index is 12.6. The van der Waals surface area contributed by atoms with Gasteiger partial charge < -0.3 is 10.1 Å². The van der Waals surface area contributed by atoms with Gasteiger partial charge in [0.15, 0.2) is 0 Å². The molecule has 1 amide bonds. The Morgan fingerprint density at radius 1 is 1.08 bits per heavy atom. The van der Waals surface area contributed by atoms with Crippen molar-refractivity contribution in [2.75, 3.05) is 25.6 Å². The highest BCUT2D eigenvalue weighted by atomic mass is 32.2. The van der Waals surface area contributed by atoms with Crippen LogP contribution in [0.25, 0.3) is 0 Å². The van der Waals surface area contributed by atoms with E-state index in [9.17, 15) is 13.2 Å². The van der Waals surface area contributed by atoms with Crippen LogP contribution in [-0.2, 0) is 14.8 Å². The molecule has 0 unspecified atom stereocenters. The van der Waals surface area contributed by atoms with Crippen LogP contribution in [0.1, 0.15) is 27.0 Å². The van der Waals surface area contributed by atoms with Gasteiger partial charge in [-0.3, -0.25) is 4.79 Å². The first-order chi connectivity index (χ1) is 12.2. The molecule has 0 fully saturated rings. The van der Waals surface area contributed by atoms with Gasteiger partial charge >= 0.3 is 0 Å². The van der Waals surface area contributed by atoms with E-state index in [0.29, 0.717) is 0 Å². The Kier molecular flexibility index (Phi) is 6.52. The number of hydrogen-bond acceptors (Lipinski definition) is 4. The first kappa shape index (κ1) is 20.1. The van der Waals surface area contributed by atoms with Crippen molar-refractivity contribution in [1.29, 1.82) is 0 Å². The predicted molar refractivity (Wildman–Crippen MR) is 102 cm³/mol. The maximum atomic E-state index is 12.6. The second-order valence-corrected chi connectivity index (χ2v) is 7.91. The summed E-state index contributed by atoms with van der Waals surface area (Å²) in [5.41, 5.74) is 4.06. The Morgan fingerprint density at radius 3 is 2.35 bits per heavy atom. The fraction of sp³-hybridized carbons (Fsp3) is 0.316. The van der Waals surface area contributed by atoms with Crippen LogP contribution in [-0.4, -0.2) is 34.6 Å². The van der Waals surface area contributed by atoms with Crippen molar-refractivity contribution in [3.05, 3.63) is 58.7 Å². The Morgan fingerprint density at radius 2 is 1.73 bits per heavy atom. The van der Waals surface area contributed by atoms with Crippen LogP contribution >= 0.6 is 0 Å². The number of carbonyl (C=O) groups is 1. The number of aryl methyl sites for hydroxylation is 3. The zero-order chi connectivity index (χ0) is 19.3. The lowest BCUT2D eigenvalue weighted by Crippen LogP contribution is -2.27. The van der Waals surface area contributed by atoms with Gasteiger partial charge in [0.25, 0.3) is 5.91 Å². The van der Waals surface area contributed by atoms with Gasteiger partial charge in [0.2, 0.25) is 10.0 Å². The average Bonchev–Trinajstić information content (AvgIpc) is 2.58. The van der Waals surface area contributed by atoms with E-state index in [-0.39, 0.29) is 29.5 Å². The van der Waals surface area contributed by atoms with Gasteiger partial charge in [-0.05, 0) is 50.1 Å². The number of carbonyl (C=O) groups excluding carboxylic acids is 1. The minimum absolute atomic E-state index is 0.0404. The Hall–Kier alpha value is -2.22. The Balaban J connectivity index is 2.23. The molecule has 0 spiro atoms. The maximum Gasteiger partial charge on any atom is 0.255 e. The molecule has 2 rings (SSSR count). The topological polar surface area (TPSA) is 84.5 Å². The van der Waals surface area contributed by atoms with Gasteiger partial charge in [-0.15, -0.1) is 0 Å². The third-order valence-corrected chi connectivity index (χ3v) is 5.38. The van der Waals surface area contributed by atoms with E-state index in [1.54, 1.807) is 12.1 Å². The molecule has 26 heavy (non-hydrogen) atoms. The molecule has 0 aromatic heterocycles. The molecule has 0 radical (unpaired) electrons. The fourth-order valence-corrected chi connectivity index (χ4v) is 3.79. The van der Waals surface area contributed by atoms with Gasteiger partial charge in [0.1, 0.15) is 0 Å². The SMILES string of the molecule is COCCNS(=O)(=O)c1cccc(C(=O)Nc2c(C)cc(C)cc2C)c1. The number of amides is 1. The van der Waals surface area contributed by atoms with Gasteiger partial charge in [0.05, 0.1) is 11.5 Å². The summed E-state index contributed by atoms with van der Waals surface area (Å²) in [5, 5.41) is 2.88. The first-order valence-electron chi connectivity index (χ1n) is 8.22. The number of sulfonamides is 1. The summed E-state index contributed by atoms with van der Waals surface area (Å²) >= 11 is 0. The van der Waals surface area contributed by atoms with Crippen molar-refractivity contribution < 1.29 is 17.9 Å². The molecule has 0 aliphatic heterocycles. The van der Waals surface area contributed by atoms with Crippen LogP contribution in [0.3, 0.4) is 0 Å². The second-order valence-electron chi connectivity index (χ2n) is 6.15. The number of methoxy groups -OCH3 is 1. The van der Waals surface area contributed by atoms with Crippen LogP contribution in [0.15, 0.2) is 41.3 Å². The molecule has 0 aliphatic rings. The van der Waals surface area contributed by atoms with E-state index in [2.05, 4.69) is 10.0 Å². The predicted octanol–water partition coefficient (Wildman–Crippen LogP) is 2.79. The van der Waals surface area contributed by atoms with Crippen LogP contribution in [0.5, 0.6) is 0 Å². The van der Waals surface area contributed by atoms with E-state index in [4.69, 9.17) is 4.74 Å². The van der Waals surface area contributed by atoms with E-state index >= 15 is 0 Å². The molecular weight excluding hydrogens is 352 g/mol. The normalized spacial score (nSPS) is 11.4. The number of nitrogens with one attached hydrogen (secondary N) is 2. The average molecular weight is 376 g/mol. The summed E-state index contributed by atoms with van der Waals surface area (Å²) in [6.07, 6.45) is 0. The fourth-order valence-electron chi connectivity index (χ4n) is 2.73. The van der Waals surface area contributed by atoms with Crippen molar-refractivity contribution >= 4 is 21.6 Å². The lowest BCUT2D eigenvalue weighted by Gasteiger charge is -2.13. The highest BCUT2D eigenvalue weighted by Gasteiger charge is 2.17. The molecule has 0 saturated carbocycles. The van der Waals surface area contributed by atoms with Gasteiger partial charge in [-0.25, -0.2) is 13.1 Å². The molecule has 0 saturated heterocycles. The molecule has 7 heteroatoms. The third-order valence-electron chi connectivity index (χ3n) is 3.92. The summed E-state index contributed by atoms with van der Waals surface area (Å²) in [6, 6.07) is 9.93. The summed E-state index contributed by atoms with van der Waals surface area (Å²) in [4.78, 5) is 12.6. The molecule has 140 valence electrons. The number of hydrogen-bond donors (Lipinski definition) is 2. The molecule has 0 atom stereocenters. The van der Waals surface area contributed by atoms with Crippen LogP contribution in [0, 0.1) is 20.8 Å². The van der Waals surface area contributed by atoms with Crippen LogP contribution in [0.2, 0.25) is 0 Å². The second kappa shape index (κ2) is 8.44. The Labute approximate surface area is 154 Å². The van der Waals surface area contributed by atoms with E-state index in [0.717, 1.165) is 22.4 Å². The largest absolute Gasteiger partial charge is 0.383 e. The number of ether oxygens (including phenoxy) is 1. The minimum Gasteiger partial charge on any atom is -0.383 e. The zero-order valence-electron chi connectivity index (χ0n) is 15.4. The van der Waals surface area contributed by atoms with Crippen molar-refractivity contribution in [3.8, 4) is 0 Å². The molecular formula is C19H24N2O4S. The van der Waals surface area contributed by atoms with Crippen molar-refractivity contribution in [1.82, 2.24) is 4.72 Å². The highest BCUT2D eigenvalue weighted by Crippen LogP contribution is 2.23. The van der Waals surface area contributed by atoms with Gasteiger partial charge in [-0.1, -0.05) is 23.8 Å². The van der Waals surface area contributed by atoms with Crippen molar-refractivity contribution in [2.24, 2.45) is 0 Å². The Bertz CT molecular complexity index is 885. The number of benzene rings is 2. The minimum atomic E-state index is -3.69. The van der Waals surface area contributed by atoms with Gasteiger partial charge in [-0.2, -0.15) is 0 Å². The lowest BCUT2D eigenvalue weighted by atomic mass is 10.0. The molecule has 2 N–H and O–H groups in total.